The number of carbonyl (C=O) groups is 2. The van der Waals surface area contributed by atoms with Gasteiger partial charge in [0.1, 0.15) is 0 Å². The molecule has 2 aromatic carbocycles. The lowest BCUT2D eigenvalue weighted by atomic mass is 9.95. The van der Waals surface area contributed by atoms with Crippen LogP contribution in [0.1, 0.15) is 44.9 Å². The van der Waals surface area contributed by atoms with E-state index >= 15 is 0 Å². The van der Waals surface area contributed by atoms with Crippen molar-refractivity contribution in [3.63, 3.8) is 0 Å². The van der Waals surface area contributed by atoms with Crippen molar-refractivity contribution in [1.82, 2.24) is 4.57 Å². The number of fused-ring (bicyclic) bond motifs is 1. The van der Waals surface area contributed by atoms with Gasteiger partial charge in [0.05, 0.1) is 35.6 Å². The monoisotopic (exact) mass is 588 g/mol. The van der Waals surface area contributed by atoms with Crippen molar-refractivity contribution in [2.45, 2.75) is 33.7 Å². The SMILES string of the molecule is COc1cc(C2C(C(=O)OCC(C)C)=C(C)N=c3sc(=Cc4c(Cl)cccc4Cl)c(=O)n32)ccc1OC(C)=O. The van der Waals surface area contributed by atoms with Crippen LogP contribution >= 0.6 is 34.5 Å². The van der Waals surface area contributed by atoms with Gasteiger partial charge in [0.15, 0.2) is 16.3 Å². The van der Waals surface area contributed by atoms with Gasteiger partial charge in [-0.05, 0) is 48.7 Å². The van der Waals surface area contributed by atoms with E-state index in [2.05, 4.69) is 4.99 Å². The number of aromatic nitrogens is 1. The second kappa shape index (κ2) is 11.8. The summed E-state index contributed by atoms with van der Waals surface area (Å²) in [6.45, 7) is 7.04. The van der Waals surface area contributed by atoms with Crippen molar-refractivity contribution in [3.05, 3.63) is 88.5 Å². The molecule has 4 rings (SSSR count). The fourth-order valence-electron chi connectivity index (χ4n) is 4.09. The summed E-state index contributed by atoms with van der Waals surface area (Å²) in [5.74, 6) is -0.517. The van der Waals surface area contributed by atoms with E-state index in [1.165, 1.54) is 18.6 Å². The van der Waals surface area contributed by atoms with E-state index < -0.39 is 18.0 Å². The van der Waals surface area contributed by atoms with Gasteiger partial charge in [-0.25, -0.2) is 9.79 Å². The summed E-state index contributed by atoms with van der Waals surface area (Å²) in [6.07, 6.45) is 1.62. The first-order valence-corrected chi connectivity index (χ1v) is 13.6. The first-order valence-electron chi connectivity index (χ1n) is 12.0. The molecule has 0 saturated heterocycles. The third-order valence-corrected chi connectivity index (χ3v) is 7.46. The quantitative estimate of drug-likeness (QED) is 0.294. The Balaban J connectivity index is 1.96. The number of carbonyl (C=O) groups excluding carboxylic acids is 2. The molecule has 11 heteroatoms. The number of nitrogens with zero attached hydrogens (tertiary/aromatic N) is 2. The fraction of sp³-hybridized carbons (Fsp3) is 0.286. The molecule has 8 nitrogen and oxygen atoms in total. The van der Waals surface area contributed by atoms with E-state index in [9.17, 15) is 14.4 Å². The van der Waals surface area contributed by atoms with Crippen LogP contribution in [0.5, 0.6) is 11.5 Å². The van der Waals surface area contributed by atoms with E-state index in [-0.39, 0.29) is 35.2 Å². The third kappa shape index (κ3) is 5.95. The second-order valence-corrected chi connectivity index (χ2v) is 11.0. The van der Waals surface area contributed by atoms with Gasteiger partial charge in [0, 0.05) is 22.5 Å². The number of halogens is 2. The van der Waals surface area contributed by atoms with Crippen LogP contribution in [0.4, 0.5) is 0 Å². The average molecular weight is 589 g/mol. The lowest BCUT2D eigenvalue weighted by Gasteiger charge is -2.25. The Labute approximate surface area is 238 Å². The van der Waals surface area contributed by atoms with Crippen LogP contribution in [0.2, 0.25) is 10.0 Å². The second-order valence-electron chi connectivity index (χ2n) is 9.21. The molecule has 0 radical (unpaired) electrons. The van der Waals surface area contributed by atoms with Gasteiger partial charge in [0.2, 0.25) is 0 Å². The zero-order chi connectivity index (χ0) is 28.4. The predicted octanol–water partition coefficient (Wildman–Crippen LogP) is 4.68. The molecule has 0 amide bonds. The van der Waals surface area contributed by atoms with Crippen LogP contribution in [0, 0.1) is 5.92 Å². The molecule has 204 valence electrons. The topological polar surface area (TPSA) is 96.2 Å². The zero-order valence-corrected chi connectivity index (χ0v) is 24.2. The molecule has 0 N–H and O–H groups in total. The standard InChI is InChI=1S/C28H26Cl2N2O6S/c1-14(2)13-37-27(35)24-15(3)31-28-32(25(24)17-9-10-21(38-16(4)33)22(11-17)36-5)26(34)23(39-28)12-18-19(29)7-6-8-20(18)30/h6-12,14,25H,13H2,1-5H3. The lowest BCUT2D eigenvalue weighted by Crippen LogP contribution is -2.40. The Morgan fingerprint density at radius 1 is 1.15 bits per heavy atom. The Hall–Kier alpha value is -3.40. The molecule has 0 spiro atoms. The number of esters is 2. The smallest absolute Gasteiger partial charge is 0.338 e. The van der Waals surface area contributed by atoms with E-state index in [1.807, 2.05) is 13.8 Å². The molecule has 1 unspecified atom stereocenters. The largest absolute Gasteiger partial charge is 0.493 e. The van der Waals surface area contributed by atoms with Crippen molar-refractivity contribution >= 4 is 52.6 Å². The zero-order valence-electron chi connectivity index (χ0n) is 21.9. The van der Waals surface area contributed by atoms with Gasteiger partial charge in [0.25, 0.3) is 5.56 Å². The maximum atomic E-state index is 13.9. The van der Waals surface area contributed by atoms with E-state index in [1.54, 1.807) is 49.4 Å². The van der Waals surface area contributed by atoms with E-state index in [4.69, 9.17) is 37.4 Å². The molecular weight excluding hydrogens is 563 g/mol. The number of rotatable bonds is 7. The number of thiazole rings is 1. The molecule has 0 saturated carbocycles. The summed E-state index contributed by atoms with van der Waals surface area (Å²) in [6, 6.07) is 9.05. The molecule has 3 aromatic rings. The summed E-state index contributed by atoms with van der Waals surface area (Å²) in [4.78, 5) is 43.8. The third-order valence-electron chi connectivity index (χ3n) is 5.82. The van der Waals surface area contributed by atoms with Gasteiger partial charge in [-0.3, -0.25) is 14.2 Å². The van der Waals surface area contributed by atoms with Gasteiger partial charge in [-0.1, -0.05) is 60.5 Å². The van der Waals surface area contributed by atoms with Gasteiger partial charge in [-0.2, -0.15) is 0 Å². The molecule has 0 bridgehead atoms. The highest BCUT2D eigenvalue weighted by molar-refractivity contribution is 7.07. The van der Waals surface area contributed by atoms with Crippen LogP contribution in [0.15, 0.2) is 57.5 Å². The minimum atomic E-state index is -0.884. The fourth-order valence-corrected chi connectivity index (χ4v) is 5.63. The number of methoxy groups -OCH3 is 1. The van der Waals surface area contributed by atoms with Crippen LogP contribution < -0.4 is 24.4 Å². The molecule has 39 heavy (non-hydrogen) atoms. The first kappa shape index (κ1) is 28.6. The Morgan fingerprint density at radius 3 is 2.46 bits per heavy atom. The summed E-state index contributed by atoms with van der Waals surface area (Å²) in [5.41, 5.74) is 1.29. The number of benzene rings is 2. The summed E-state index contributed by atoms with van der Waals surface area (Å²) >= 11 is 13.9. The number of ether oxygens (including phenoxy) is 3. The highest BCUT2D eigenvalue weighted by Crippen LogP contribution is 2.36. The first-order chi connectivity index (χ1) is 18.5. The van der Waals surface area contributed by atoms with Crippen LogP contribution in [-0.2, 0) is 14.3 Å². The summed E-state index contributed by atoms with van der Waals surface area (Å²) in [5, 5.41) is 0.787. The summed E-state index contributed by atoms with van der Waals surface area (Å²) in [7, 11) is 1.43. The van der Waals surface area contributed by atoms with Crippen molar-refractivity contribution in [1.29, 1.82) is 0 Å². The molecule has 0 fully saturated rings. The molecule has 1 aromatic heterocycles. The van der Waals surface area contributed by atoms with Gasteiger partial charge < -0.3 is 14.2 Å². The normalized spacial score (nSPS) is 15.2. The van der Waals surface area contributed by atoms with Gasteiger partial charge >= 0.3 is 11.9 Å². The molecule has 0 aliphatic carbocycles. The molecule has 1 aliphatic rings. The lowest BCUT2D eigenvalue weighted by molar-refractivity contribution is -0.140. The predicted molar refractivity (Wildman–Crippen MR) is 150 cm³/mol. The molecule has 2 heterocycles. The minimum absolute atomic E-state index is 0.109. The van der Waals surface area contributed by atoms with Crippen molar-refractivity contribution in [2.24, 2.45) is 10.9 Å². The van der Waals surface area contributed by atoms with Crippen LogP contribution in [0.25, 0.3) is 6.08 Å². The Bertz CT molecular complexity index is 1650. The molecule has 1 aliphatic heterocycles. The maximum Gasteiger partial charge on any atom is 0.338 e. The molecular formula is C28H26Cl2N2O6S. The number of hydrogen-bond donors (Lipinski definition) is 0. The van der Waals surface area contributed by atoms with Gasteiger partial charge in [-0.15, -0.1) is 0 Å². The van der Waals surface area contributed by atoms with Crippen molar-refractivity contribution in [3.8, 4) is 11.5 Å². The number of hydrogen-bond acceptors (Lipinski definition) is 8. The van der Waals surface area contributed by atoms with Crippen LogP contribution in [-0.4, -0.2) is 30.2 Å². The van der Waals surface area contributed by atoms with E-state index in [0.717, 1.165) is 11.3 Å². The highest BCUT2D eigenvalue weighted by atomic mass is 35.5. The maximum absolute atomic E-state index is 13.9. The molecule has 1 atom stereocenters. The summed E-state index contributed by atoms with van der Waals surface area (Å²) < 4.78 is 18.1. The van der Waals surface area contributed by atoms with Crippen molar-refractivity contribution in [2.75, 3.05) is 13.7 Å². The van der Waals surface area contributed by atoms with Crippen molar-refractivity contribution < 1.29 is 23.8 Å². The van der Waals surface area contributed by atoms with Crippen LogP contribution in [0.3, 0.4) is 0 Å². The minimum Gasteiger partial charge on any atom is -0.493 e. The van der Waals surface area contributed by atoms with E-state index in [0.29, 0.717) is 36.2 Å². The highest BCUT2D eigenvalue weighted by Gasteiger charge is 2.34. The Kier molecular flexibility index (Phi) is 8.64. The Morgan fingerprint density at radius 2 is 1.85 bits per heavy atom. The average Bonchev–Trinajstić information content (AvgIpc) is 3.18. The number of allylic oxidation sites excluding steroid dienone is 1.